The van der Waals surface area contributed by atoms with E-state index in [0.717, 1.165) is 11.3 Å². The second-order valence-corrected chi connectivity index (χ2v) is 4.20. The topological polar surface area (TPSA) is 101 Å². The van der Waals surface area contributed by atoms with Crippen molar-refractivity contribution in [2.75, 3.05) is 0 Å². The third kappa shape index (κ3) is 1.87. The predicted octanol–water partition coefficient (Wildman–Crippen LogP) is 0.0828. The van der Waals surface area contributed by atoms with Gasteiger partial charge in [-0.3, -0.25) is 4.57 Å². The second kappa shape index (κ2) is 3.89. The first-order valence-electron chi connectivity index (χ1n) is 4.37. The number of aromatic carboxylic acids is 1. The van der Waals surface area contributed by atoms with Crippen LogP contribution in [0.4, 0.5) is 0 Å². The van der Waals surface area contributed by atoms with Crippen molar-refractivity contribution >= 4 is 17.3 Å². The molecule has 16 heavy (non-hydrogen) atoms. The van der Waals surface area contributed by atoms with E-state index in [1.807, 2.05) is 0 Å². The van der Waals surface area contributed by atoms with Crippen LogP contribution in [-0.2, 0) is 6.54 Å². The molecule has 0 saturated carbocycles. The fraction of sp³-hybridized carbons (Fsp3) is 0.250. The fourth-order valence-corrected chi connectivity index (χ4v) is 2.15. The van der Waals surface area contributed by atoms with Crippen LogP contribution in [-0.4, -0.2) is 30.8 Å². The van der Waals surface area contributed by atoms with Gasteiger partial charge in [-0.15, -0.1) is 11.3 Å². The van der Waals surface area contributed by atoms with Gasteiger partial charge in [-0.05, 0) is 6.92 Å². The molecule has 0 bridgehead atoms. The predicted molar refractivity (Wildman–Crippen MR) is 55.8 cm³/mol. The number of carbonyl (C=O) groups is 1. The van der Waals surface area contributed by atoms with E-state index in [4.69, 9.17) is 5.11 Å². The van der Waals surface area contributed by atoms with E-state index in [2.05, 4.69) is 15.2 Å². The Hall–Kier alpha value is -1.96. The summed E-state index contributed by atoms with van der Waals surface area (Å²) in [7, 11) is 0. The zero-order valence-corrected chi connectivity index (χ0v) is 9.11. The summed E-state index contributed by atoms with van der Waals surface area (Å²) in [6.45, 7) is 1.86. The number of hydrogen-bond acceptors (Lipinski definition) is 5. The Morgan fingerprint density at radius 3 is 2.94 bits per heavy atom. The van der Waals surface area contributed by atoms with E-state index < -0.39 is 5.97 Å². The quantitative estimate of drug-likeness (QED) is 0.791. The van der Waals surface area contributed by atoms with Gasteiger partial charge in [0.1, 0.15) is 16.2 Å². The highest BCUT2D eigenvalue weighted by atomic mass is 32.1. The van der Waals surface area contributed by atoms with Gasteiger partial charge in [-0.1, -0.05) is 0 Å². The molecule has 8 heteroatoms. The van der Waals surface area contributed by atoms with Crippen molar-refractivity contribution in [3.8, 4) is 0 Å². The second-order valence-electron chi connectivity index (χ2n) is 3.12. The van der Waals surface area contributed by atoms with Crippen molar-refractivity contribution in [3.63, 3.8) is 0 Å². The van der Waals surface area contributed by atoms with Crippen LogP contribution in [0.1, 0.15) is 20.4 Å². The number of aromatic nitrogens is 4. The first kappa shape index (κ1) is 10.6. The Kier molecular flexibility index (Phi) is 2.57. The molecule has 0 atom stereocenters. The van der Waals surface area contributed by atoms with Crippen LogP contribution < -0.4 is 5.69 Å². The molecule has 0 fully saturated rings. The molecule has 2 aromatic heterocycles. The Morgan fingerprint density at radius 1 is 1.69 bits per heavy atom. The summed E-state index contributed by atoms with van der Waals surface area (Å²) in [5.41, 5.74) is 0.119. The molecule has 0 aliphatic heterocycles. The number of aromatic amines is 1. The maximum Gasteiger partial charge on any atom is 0.347 e. The lowest BCUT2D eigenvalue weighted by Crippen LogP contribution is -2.16. The van der Waals surface area contributed by atoms with Crippen molar-refractivity contribution in [1.29, 1.82) is 0 Å². The highest BCUT2D eigenvalue weighted by Gasteiger charge is 2.14. The van der Waals surface area contributed by atoms with Crippen LogP contribution in [0.25, 0.3) is 0 Å². The molecule has 0 saturated heterocycles. The number of hydrogen-bond donors (Lipinski definition) is 2. The van der Waals surface area contributed by atoms with E-state index in [-0.39, 0.29) is 17.1 Å². The van der Waals surface area contributed by atoms with E-state index in [0.29, 0.717) is 10.7 Å². The molecule has 0 unspecified atom stereocenters. The van der Waals surface area contributed by atoms with Crippen LogP contribution in [0.5, 0.6) is 0 Å². The van der Waals surface area contributed by atoms with Gasteiger partial charge in [0.15, 0.2) is 0 Å². The molecule has 2 rings (SSSR count). The number of nitrogens with one attached hydrogen (secondary N) is 1. The molecule has 2 aromatic rings. The Balaban J connectivity index is 2.30. The van der Waals surface area contributed by atoms with Crippen LogP contribution >= 0.6 is 11.3 Å². The van der Waals surface area contributed by atoms with Crippen molar-refractivity contribution in [3.05, 3.63) is 32.4 Å². The van der Waals surface area contributed by atoms with Crippen molar-refractivity contribution in [2.24, 2.45) is 0 Å². The monoisotopic (exact) mass is 240 g/mol. The smallest absolute Gasteiger partial charge is 0.347 e. The standard InChI is InChI=1S/C8H8N4O3S/c1-4-6(7(13)14)16-5(10-4)2-12-3-9-11-8(12)15/h3H,2H2,1H3,(H,11,15)(H,13,14). The van der Waals surface area contributed by atoms with E-state index in [1.165, 1.54) is 10.9 Å². The first-order chi connectivity index (χ1) is 7.58. The summed E-state index contributed by atoms with van der Waals surface area (Å²) >= 11 is 1.06. The number of aryl methyl sites for hydroxylation is 1. The molecule has 0 aliphatic carbocycles. The molecule has 0 spiro atoms. The highest BCUT2D eigenvalue weighted by Crippen LogP contribution is 2.18. The maximum atomic E-state index is 11.2. The molecule has 0 aromatic carbocycles. The zero-order valence-electron chi connectivity index (χ0n) is 8.30. The number of thiazole rings is 1. The molecular formula is C8H8N4O3S. The van der Waals surface area contributed by atoms with Crippen molar-refractivity contribution < 1.29 is 9.90 Å². The van der Waals surface area contributed by atoms with Crippen LogP contribution in [0.15, 0.2) is 11.1 Å². The third-order valence-electron chi connectivity index (χ3n) is 1.96. The van der Waals surface area contributed by atoms with Gasteiger partial charge in [-0.2, -0.15) is 5.10 Å². The zero-order chi connectivity index (χ0) is 11.7. The number of rotatable bonds is 3. The number of carboxylic acid groups (broad SMARTS) is 1. The maximum absolute atomic E-state index is 11.2. The summed E-state index contributed by atoms with van der Waals surface area (Å²) in [5, 5.41) is 15.2. The largest absolute Gasteiger partial charge is 0.477 e. The van der Waals surface area contributed by atoms with Gasteiger partial charge < -0.3 is 5.11 Å². The fourth-order valence-electron chi connectivity index (χ4n) is 1.25. The minimum atomic E-state index is -0.999. The van der Waals surface area contributed by atoms with Gasteiger partial charge in [0.25, 0.3) is 0 Å². The Morgan fingerprint density at radius 2 is 2.44 bits per heavy atom. The summed E-state index contributed by atoms with van der Waals surface area (Å²) in [5.74, 6) is -0.999. The third-order valence-corrected chi connectivity index (χ3v) is 3.09. The molecule has 0 amide bonds. The van der Waals surface area contributed by atoms with Gasteiger partial charge in [-0.25, -0.2) is 19.7 Å². The van der Waals surface area contributed by atoms with Crippen LogP contribution in [0, 0.1) is 6.92 Å². The van der Waals surface area contributed by atoms with E-state index in [9.17, 15) is 9.59 Å². The molecule has 7 nitrogen and oxygen atoms in total. The van der Waals surface area contributed by atoms with Crippen LogP contribution in [0.2, 0.25) is 0 Å². The van der Waals surface area contributed by atoms with Gasteiger partial charge in [0, 0.05) is 0 Å². The molecule has 84 valence electrons. The lowest BCUT2D eigenvalue weighted by Gasteiger charge is -1.93. The van der Waals surface area contributed by atoms with Gasteiger partial charge >= 0.3 is 11.7 Å². The Bertz CT molecular complexity index is 582. The molecular weight excluding hydrogens is 232 g/mol. The normalized spacial score (nSPS) is 10.6. The number of carboxylic acids is 1. The van der Waals surface area contributed by atoms with Crippen molar-refractivity contribution in [1.82, 2.24) is 19.7 Å². The first-order valence-corrected chi connectivity index (χ1v) is 5.19. The van der Waals surface area contributed by atoms with Crippen LogP contribution in [0.3, 0.4) is 0 Å². The van der Waals surface area contributed by atoms with Gasteiger partial charge in [0.2, 0.25) is 0 Å². The molecule has 0 aliphatic rings. The van der Waals surface area contributed by atoms with Gasteiger partial charge in [0.05, 0.1) is 12.2 Å². The van der Waals surface area contributed by atoms with E-state index >= 15 is 0 Å². The SMILES string of the molecule is Cc1nc(Cn2cn[nH]c2=O)sc1C(=O)O. The molecule has 2 heterocycles. The number of H-pyrrole nitrogens is 1. The minimum absolute atomic E-state index is 0.201. The van der Waals surface area contributed by atoms with E-state index in [1.54, 1.807) is 6.92 Å². The lowest BCUT2D eigenvalue weighted by atomic mass is 10.4. The summed E-state index contributed by atoms with van der Waals surface area (Å²) in [4.78, 5) is 26.2. The molecule has 0 radical (unpaired) electrons. The number of nitrogens with zero attached hydrogens (tertiary/aromatic N) is 3. The lowest BCUT2D eigenvalue weighted by molar-refractivity contribution is 0.0701. The average molecular weight is 240 g/mol. The summed E-state index contributed by atoms with van der Waals surface area (Å²) in [6.07, 6.45) is 1.35. The minimum Gasteiger partial charge on any atom is -0.477 e. The Labute approximate surface area is 93.4 Å². The van der Waals surface area contributed by atoms with Crippen molar-refractivity contribution in [2.45, 2.75) is 13.5 Å². The molecule has 2 N–H and O–H groups in total. The summed E-state index contributed by atoms with van der Waals surface area (Å²) in [6, 6.07) is 0. The highest BCUT2D eigenvalue weighted by molar-refractivity contribution is 7.13. The summed E-state index contributed by atoms with van der Waals surface area (Å²) < 4.78 is 1.32. The average Bonchev–Trinajstić information content (AvgIpc) is 2.75.